The molecule has 1 aliphatic carbocycles. The van der Waals surface area contributed by atoms with E-state index in [1.165, 1.54) is 27.6 Å². The number of hydrogen-bond acceptors (Lipinski definition) is 4. The molecule has 1 aromatic carbocycles. The number of halogens is 1. The van der Waals surface area contributed by atoms with E-state index in [9.17, 15) is 9.59 Å². The molecule has 0 saturated carbocycles. The van der Waals surface area contributed by atoms with Crippen molar-refractivity contribution in [3.05, 3.63) is 50.2 Å². The standard InChI is InChI=1S/C20H19ClN2O2S2/c1-10-7-8-11-14(9-10)27-20(15(11)18(24)22-2)23-19(25)17-16(21)12-5-3-4-6-13(12)26-17/h3-6,10H,7-9H2,1-2H3,(H,22,24)(H,23,25). The van der Waals surface area contributed by atoms with Crippen LogP contribution >= 0.6 is 34.3 Å². The lowest BCUT2D eigenvalue weighted by Gasteiger charge is -2.18. The Morgan fingerprint density at radius 1 is 1.19 bits per heavy atom. The van der Waals surface area contributed by atoms with E-state index < -0.39 is 0 Å². The first kappa shape index (κ1) is 18.5. The molecule has 2 amide bonds. The lowest BCUT2D eigenvalue weighted by Crippen LogP contribution is -2.22. The number of hydrogen-bond donors (Lipinski definition) is 2. The topological polar surface area (TPSA) is 58.2 Å². The molecule has 1 atom stereocenters. The fourth-order valence-electron chi connectivity index (χ4n) is 3.52. The van der Waals surface area contributed by atoms with Crippen molar-refractivity contribution in [2.75, 3.05) is 12.4 Å². The molecule has 1 unspecified atom stereocenters. The monoisotopic (exact) mass is 418 g/mol. The van der Waals surface area contributed by atoms with Gasteiger partial charge in [-0.15, -0.1) is 22.7 Å². The third-order valence-electron chi connectivity index (χ3n) is 4.93. The molecule has 0 fully saturated rings. The van der Waals surface area contributed by atoms with Gasteiger partial charge in [-0.3, -0.25) is 9.59 Å². The van der Waals surface area contributed by atoms with Crippen LogP contribution in [0, 0.1) is 5.92 Å². The number of carbonyl (C=O) groups excluding carboxylic acids is 2. The number of carbonyl (C=O) groups is 2. The van der Waals surface area contributed by atoms with E-state index in [-0.39, 0.29) is 11.8 Å². The zero-order valence-electron chi connectivity index (χ0n) is 15.0. The van der Waals surface area contributed by atoms with Crippen LogP contribution in [0.2, 0.25) is 5.02 Å². The summed E-state index contributed by atoms with van der Waals surface area (Å²) in [6, 6.07) is 7.69. The Balaban J connectivity index is 1.72. The first-order chi connectivity index (χ1) is 13.0. The molecule has 3 aromatic rings. The van der Waals surface area contributed by atoms with Gasteiger partial charge >= 0.3 is 0 Å². The molecule has 27 heavy (non-hydrogen) atoms. The Hall–Kier alpha value is -1.89. The van der Waals surface area contributed by atoms with Crippen molar-refractivity contribution < 1.29 is 9.59 Å². The predicted molar refractivity (Wildman–Crippen MR) is 114 cm³/mol. The Morgan fingerprint density at radius 2 is 1.96 bits per heavy atom. The fraction of sp³-hybridized carbons (Fsp3) is 0.300. The molecule has 2 heterocycles. The molecule has 4 nitrogen and oxygen atoms in total. The number of anilines is 1. The summed E-state index contributed by atoms with van der Waals surface area (Å²) < 4.78 is 0.971. The number of nitrogens with one attached hydrogen (secondary N) is 2. The molecule has 0 spiro atoms. The van der Waals surface area contributed by atoms with Gasteiger partial charge in [0.05, 0.1) is 10.6 Å². The Morgan fingerprint density at radius 3 is 2.70 bits per heavy atom. The average Bonchev–Trinajstić information content (AvgIpc) is 3.18. The van der Waals surface area contributed by atoms with Gasteiger partial charge in [-0.25, -0.2) is 0 Å². The lowest BCUT2D eigenvalue weighted by molar-refractivity contribution is 0.0963. The Kier molecular flexibility index (Phi) is 4.97. The lowest BCUT2D eigenvalue weighted by atomic mass is 9.88. The molecule has 0 saturated heterocycles. The van der Waals surface area contributed by atoms with Crippen molar-refractivity contribution in [1.29, 1.82) is 0 Å². The van der Waals surface area contributed by atoms with Crippen molar-refractivity contribution in [2.45, 2.75) is 26.2 Å². The summed E-state index contributed by atoms with van der Waals surface area (Å²) in [4.78, 5) is 27.1. The summed E-state index contributed by atoms with van der Waals surface area (Å²) in [6.45, 7) is 2.22. The van der Waals surface area contributed by atoms with Gasteiger partial charge in [-0.2, -0.15) is 0 Å². The normalized spacial score (nSPS) is 16.2. The summed E-state index contributed by atoms with van der Waals surface area (Å²) in [5.74, 6) is 0.173. The number of rotatable bonds is 3. The van der Waals surface area contributed by atoms with E-state index in [0.717, 1.165) is 34.9 Å². The largest absolute Gasteiger partial charge is 0.355 e. The molecule has 4 rings (SSSR count). The molecule has 2 aromatic heterocycles. The third kappa shape index (κ3) is 3.26. The molecular formula is C20H19ClN2O2S2. The first-order valence-electron chi connectivity index (χ1n) is 8.84. The van der Waals surface area contributed by atoms with Crippen LogP contribution in [0.25, 0.3) is 10.1 Å². The van der Waals surface area contributed by atoms with Gasteiger partial charge in [-0.05, 0) is 36.8 Å². The minimum atomic E-state index is -0.266. The Bertz CT molecular complexity index is 1050. The van der Waals surface area contributed by atoms with Crippen LogP contribution < -0.4 is 10.6 Å². The highest BCUT2D eigenvalue weighted by molar-refractivity contribution is 7.22. The van der Waals surface area contributed by atoms with Crippen LogP contribution in [0.4, 0.5) is 5.00 Å². The molecule has 0 bridgehead atoms. The van der Waals surface area contributed by atoms with Crippen LogP contribution in [0.15, 0.2) is 24.3 Å². The second-order valence-corrected chi connectivity index (χ2v) is 9.37. The predicted octanol–water partition coefficient (Wildman–Crippen LogP) is 5.35. The SMILES string of the molecule is CNC(=O)c1c(NC(=O)c2sc3ccccc3c2Cl)sc2c1CCC(C)C2. The van der Waals surface area contributed by atoms with Crippen LogP contribution in [0.5, 0.6) is 0 Å². The molecule has 2 N–H and O–H groups in total. The van der Waals surface area contributed by atoms with Gasteiger partial charge in [0, 0.05) is 22.0 Å². The number of fused-ring (bicyclic) bond motifs is 2. The molecule has 0 aliphatic heterocycles. The van der Waals surface area contributed by atoms with Gasteiger partial charge in [0.2, 0.25) is 0 Å². The highest BCUT2D eigenvalue weighted by atomic mass is 35.5. The minimum absolute atomic E-state index is 0.153. The molecule has 7 heteroatoms. The van der Waals surface area contributed by atoms with E-state index in [1.807, 2.05) is 24.3 Å². The van der Waals surface area contributed by atoms with E-state index in [2.05, 4.69) is 17.6 Å². The van der Waals surface area contributed by atoms with Crippen LogP contribution in [-0.2, 0) is 12.8 Å². The van der Waals surface area contributed by atoms with Crippen LogP contribution in [0.1, 0.15) is 43.8 Å². The van der Waals surface area contributed by atoms with E-state index in [4.69, 9.17) is 11.6 Å². The second kappa shape index (κ2) is 7.26. The molecule has 1 aliphatic rings. The summed E-state index contributed by atoms with van der Waals surface area (Å²) in [7, 11) is 1.62. The highest BCUT2D eigenvalue weighted by Gasteiger charge is 2.28. The Labute approximate surface area is 170 Å². The van der Waals surface area contributed by atoms with Gasteiger partial charge in [-0.1, -0.05) is 36.7 Å². The zero-order valence-corrected chi connectivity index (χ0v) is 17.4. The maximum Gasteiger partial charge on any atom is 0.267 e. The molecule has 140 valence electrons. The number of thiophene rings is 2. The zero-order chi connectivity index (χ0) is 19.1. The van der Waals surface area contributed by atoms with Crippen LogP contribution in [-0.4, -0.2) is 18.9 Å². The quantitative estimate of drug-likeness (QED) is 0.602. The summed E-state index contributed by atoms with van der Waals surface area (Å²) in [6.07, 6.45) is 2.88. The van der Waals surface area contributed by atoms with Gasteiger partial charge in [0.15, 0.2) is 0 Å². The molecule has 0 radical (unpaired) electrons. The van der Waals surface area contributed by atoms with Crippen molar-refractivity contribution in [1.82, 2.24) is 5.32 Å². The summed E-state index contributed by atoms with van der Waals surface area (Å²) >= 11 is 9.32. The first-order valence-corrected chi connectivity index (χ1v) is 10.9. The second-order valence-electron chi connectivity index (χ2n) is 6.83. The third-order valence-corrected chi connectivity index (χ3v) is 7.78. The van der Waals surface area contributed by atoms with E-state index in [1.54, 1.807) is 7.05 Å². The highest BCUT2D eigenvalue weighted by Crippen LogP contribution is 2.41. The van der Waals surface area contributed by atoms with Crippen molar-refractivity contribution >= 4 is 61.2 Å². The fourth-order valence-corrected chi connectivity index (χ4v) is 6.34. The number of benzene rings is 1. The number of amides is 2. The van der Waals surface area contributed by atoms with Gasteiger partial charge < -0.3 is 10.6 Å². The van der Waals surface area contributed by atoms with Gasteiger partial charge in [0.25, 0.3) is 11.8 Å². The smallest absolute Gasteiger partial charge is 0.267 e. The van der Waals surface area contributed by atoms with E-state index in [0.29, 0.717) is 26.4 Å². The summed E-state index contributed by atoms with van der Waals surface area (Å²) in [5, 5.41) is 7.62. The van der Waals surface area contributed by atoms with Crippen molar-refractivity contribution in [3.8, 4) is 0 Å². The van der Waals surface area contributed by atoms with Crippen LogP contribution in [0.3, 0.4) is 0 Å². The van der Waals surface area contributed by atoms with Crippen molar-refractivity contribution in [3.63, 3.8) is 0 Å². The summed E-state index contributed by atoms with van der Waals surface area (Å²) in [5.41, 5.74) is 1.69. The van der Waals surface area contributed by atoms with Gasteiger partial charge in [0.1, 0.15) is 9.88 Å². The molecular weight excluding hydrogens is 400 g/mol. The average molecular weight is 419 g/mol. The van der Waals surface area contributed by atoms with E-state index >= 15 is 0 Å². The van der Waals surface area contributed by atoms with Crippen molar-refractivity contribution in [2.24, 2.45) is 5.92 Å². The minimum Gasteiger partial charge on any atom is -0.355 e. The maximum absolute atomic E-state index is 12.9. The maximum atomic E-state index is 12.9.